The normalized spacial score (nSPS) is 24.1. The predicted octanol–water partition coefficient (Wildman–Crippen LogP) is 1.72. The Morgan fingerprint density at radius 3 is 2.82 bits per heavy atom. The lowest BCUT2D eigenvalue weighted by molar-refractivity contribution is -0.119. The lowest BCUT2D eigenvalue weighted by Crippen LogP contribution is -2.04. The molecule has 0 amide bonds. The van der Waals surface area contributed by atoms with Crippen LogP contribution in [0.3, 0.4) is 0 Å². The van der Waals surface area contributed by atoms with Gasteiger partial charge in [0, 0.05) is 25.7 Å². The molecule has 11 heavy (non-hydrogen) atoms. The fraction of sp³-hybridized carbons (Fsp3) is 0.778. The zero-order valence-electron chi connectivity index (χ0n) is 6.93. The van der Waals surface area contributed by atoms with Gasteiger partial charge in [0.05, 0.1) is 0 Å². The lowest BCUT2D eigenvalue weighted by Gasteiger charge is -2.03. The molecule has 0 radical (unpaired) electrons. The molecule has 0 saturated heterocycles. The number of hydrogen-bond acceptors (Lipinski definition) is 2. The maximum atomic E-state index is 11.0. The van der Waals surface area contributed by atoms with Gasteiger partial charge in [-0.25, -0.2) is 0 Å². The first-order valence-corrected chi connectivity index (χ1v) is 4.25. The molecule has 62 valence electrons. The Balaban J connectivity index is 2.28. The van der Waals surface area contributed by atoms with E-state index in [1.54, 1.807) is 0 Å². The standard InChI is InChI=1S/C9H14O2/c1-2-8(10)5-7-3-4-9(11)6-7/h7H,2-6H2,1H3/t7-/m1/s1. The van der Waals surface area contributed by atoms with Gasteiger partial charge in [-0.3, -0.25) is 9.59 Å². The molecule has 1 aliphatic carbocycles. The average molecular weight is 154 g/mol. The van der Waals surface area contributed by atoms with Crippen LogP contribution in [-0.4, -0.2) is 11.6 Å². The summed E-state index contributed by atoms with van der Waals surface area (Å²) in [6, 6.07) is 0. The third-order valence-electron chi connectivity index (χ3n) is 2.26. The minimum atomic E-state index is 0.296. The Bertz CT molecular complexity index is 172. The third kappa shape index (κ3) is 2.45. The molecule has 0 aliphatic heterocycles. The number of carbonyl (C=O) groups is 2. The second kappa shape index (κ2) is 3.65. The fourth-order valence-electron chi connectivity index (χ4n) is 1.53. The molecule has 2 heteroatoms. The van der Waals surface area contributed by atoms with Crippen LogP contribution in [-0.2, 0) is 9.59 Å². The summed E-state index contributed by atoms with van der Waals surface area (Å²) < 4.78 is 0. The van der Waals surface area contributed by atoms with E-state index in [2.05, 4.69) is 0 Å². The van der Waals surface area contributed by atoms with Crippen molar-refractivity contribution in [3.8, 4) is 0 Å². The van der Waals surface area contributed by atoms with E-state index in [1.807, 2.05) is 6.92 Å². The average Bonchev–Trinajstić information content (AvgIpc) is 2.35. The van der Waals surface area contributed by atoms with Gasteiger partial charge in [-0.15, -0.1) is 0 Å². The summed E-state index contributed by atoms with van der Waals surface area (Å²) in [5.74, 6) is 0.999. The second-order valence-corrected chi connectivity index (χ2v) is 3.24. The molecule has 1 atom stereocenters. The van der Waals surface area contributed by atoms with Crippen LogP contribution >= 0.6 is 0 Å². The zero-order valence-corrected chi connectivity index (χ0v) is 6.93. The highest BCUT2D eigenvalue weighted by Crippen LogP contribution is 2.25. The number of ketones is 2. The number of rotatable bonds is 3. The molecule has 0 aromatic carbocycles. The smallest absolute Gasteiger partial charge is 0.133 e. The van der Waals surface area contributed by atoms with E-state index >= 15 is 0 Å². The number of Topliss-reactive ketones (excluding diaryl/α,β-unsaturated/α-hetero) is 2. The minimum absolute atomic E-state index is 0.296. The Labute approximate surface area is 67.0 Å². The van der Waals surface area contributed by atoms with Gasteiger partial charge in [0.2, 0.25) is 0 Å². The van der Waals surface area contributed by atoms with Gasteiger partial charge in [0.1, 0.15) is 11.6 Å². The van der Waals surface area contributed by atoms with Gasteiger partial charge >= 0.3 is 0 Å². The first-order valence-electron chi connectivity index (χ1n) is 4.25. The molecule has 2 nitrogen and oxygen atoms in total. The van der Waals surface area contributed by atoms with Crippen LogP contribution in [0.2, 0.25) is 0 Å². The quantitative estimate of drug-likeness (QED) is 0.620. The summed E-state index contributed by atoms with van der Waals surface area (Å²) in [5.41, 5.74) is 0. The molecular weight excluding hydrogens is 140 g/mol. The van der Waals surface area contributed by atoms with Crippen molar-refractivity contribution in [1.29, 1.82) is 0 Å². The van der Waals surface area contributed by atoms with E-state index in [-0.39, 0.29) is 0 Å². The largest absolute Gasteiger partial charge is 0.300 e. The Hall–Kier alpha value is -0.660. The van der Waals surface area contributed by atoms with Crippen LogP contribution in [0.1, 0.15) is 39.0 Å². The highest BCUT2D eigenvalue weighted by atomic mass is 16.1. The van der Waals surface area contributed by atoms with Crippen molar-refractivity contribution in [2.45, 2.75) is 39.0 Å². The SMILES string of the molecule is CCC(=O)C[C@H]1CCC(=O)C1. The highest BCUT2D eigenvalue weighted by Gasteiger charge is 2.23. The summed E-state index contributed by atoms with van der Waals surface area (Å²) in [4.78, 5) is 21.8. The van der Waals surface area contributed by atoms with E-state index in [4.69, 9.17) is 0 Å². The molecule has 0 aromatic rings. The van der Waals surface area contributed by atoms with Crippen LogP contribution in [0.5, 0.6) is 0 Å². The van der Waals surface area contributed by atoms with Gasteiger partial charge in [0.15, 0.2) is 0 Å². The summed E-state index contributed by atoms with van der Waals surface area (Å²) in [6.07, 6.45) is 3.52. The van der Waals surface area contributed by atoms with Crippen molar-refractivity contribution in [2.75, 3.05) is 0 Å². The molecule has 0 aromatic heterocycles. The summed E-state index contributed by atoms with van der Waals surface area (Å²) in [5, 5.41) is 0. The van der Waals surface area contributed by atoms with Crippen molar-refractivity contribution in [3.63, 3.8) is 0 Å². The second-order valence-electron chi connectivity index (χ2n) is 3.24. The van der Waals surface area contributed by atoms with Crippen LogP contribution in [0.25, 0.3) is 0 Å². The van der Waals surface area contributed by atoms with E-state index < -0.39 is 0 Å². The van der Waals surface area contributed by atoms with Crippen molar-refractivity contribution >= 4 is 11.6 Å². The molecule has 1 rings (SSSR count). The van der Waals surface area contributed by atoms with Crippen LogP contribution < -0.4 is 0 Å². The topological polar surface area (TPSA) is 34.1 Å². The Morgan fingerprint density at radius 2 is 2.36 bits per heavy atom. The molecule has 0 spiro atoms. The molecule has 0 heterocycles. The molecule has 0 bridgehead atoms. The predicted molar refractivity (Wildman–Crippen MR) is 42.3 cm³/mol. The Morgan fingerprint density at radius 1 is 1.64 bits per heavy atom. The highest BCUT2D eigenvalue weighted by molar-refractivity contribution is 5.83. The molecule has 0 unspecified atom stereocenters. The summed E-state index contributed by atoms with van der Waals surface area (Å²) in [7, 11) is 0. The van der Waals surface area contributed by atoms with E-state index in [9.17, 15) is 9.59 Å². The summed E-state index contributed by atoms with van der Waals surface area (Å²) >= 11 is 0. The zero-order chi connectivity index (χ0) is 8.27. The van der Waals surface area contributed by atoms with Gasteiger partial charge < -0.3 is 0 Å². The Kier molecular flexibility index (Phi) is 2.80. The summed E-state index contributed by atoms with van der Waals surface area (Å²) in [6.45, 7) is 1.87. The van der Waals surface area contributed by atoms with Gasteiger partial charge in [-0.05, 0) is 12.3 Å². The van der Waals surface area contributed by atoms with Gasteiger partial charge in [-0.2, -0.15) is 0 Å². The first-order chi connectivity index (χ1) is 5.22. The molecule has 0 N–H and O–H groups in total. The monoisotopic (exact) mass is 154 g/mol. The number of hydrogen-bond donors (Lipinski definition) is 0. The lowest BCUT2D eigenvalue weighted by atomic mass is 10.0. The van der Waals surface area contributed by atoms with Crippen LogP contribution in [0, 0.1) is 5.92 Å². The van der Waals surface area contributed by atoms with E-state index in [1.165, 1.54) is 0 Å². The van der Waals surface area contributed by atoms with Gasteiger partial charge in [-0.1, -0.05) is 6.92 Å². The molecule has 1 aliphatic rings. The molecular formula is C9H14O2. The minimum Gasteiger partial charge on any atom is -0.300 e. The van der Waals surface area contributed by atoms with Crippen LogP contribution in [0.15, 0.2) is 0 Å². The maximum Gasteiger partial charge on any atom is 0.133 e. The van der Waals surface area contributed by atoms with Crippen molar-refractivity contribution in [1.82, 2.24) is 0 Å². The number of carbonyl (C=O) groups excluding carboxylic acids is 2. The van der Waals surface area contributed by atoms with Crippen molar-refractivity contribution in [2.24, 2.45) is 5.92 Å². The first kappa shape index (κ1) is 8.44. The fourth-order valence-corrected chi connectivity index (χ4v) is 1.53. The van der Waals surface area contributed by atoms with Crippen molar-refractivity contribution < 1.29 is 9.59 Å². The van der Waals surface area contributed by atoms with Gasteiger partial charge in [0.25, 0.3) is 0 Å². The van der Waals surface area contributed by atoms with E-state index in [0.717, 1.165) is 6.42 Å². The maximum absolute atomic E-state index is 11.0. The molecule has 1 saturated carbocycles. The molecule has 1 fully saturated rings. The van der Waals surface area contributed by atoms with Crippen LogP contribution in [0.4, 0.5) is 0 Å². The van der Waals surface area contributed by atoms with E-state index in [0.29, 0.717) is 43.2 Å². The third-order valence-corrected chi connectivity index (χ3v) is 2.26. The van der Waals surface area contributed by atoms with Crippen molar-refractivity contribution in [3.05, 3.63) is 0 Å².